The van der Waals surface area contributed by atoms with Crippen molar-refractivity contribution in [2.24, 2.45) is 0 Å². The first kappa shape index (κ1) is 29.8. The first-order valence-corrected chi connectivity index (χ1v) is 13.4. The van der Waals surface area contributed by atoms with E-state index in [4.69, 9.17) is 9.47 Å². The molecule has 2 amide bonds. The smallest absolute Gasteiger partial charge is 0.407 e. The summed E-state index contributed by atoms with van der Waals surface area (Å²) < 4.78 is 38.3. The fourth-order valence-corrected chi connectivity index (χ4v) is 4.62. The molecule has 37 heavy (non-hydrogen) atoms. The van der Waals surface area contributed by atoms with Crippen molar-refractivity contribution in [2.45, 2.75) is 62.6 Å². The molecule has 0 saturated carbocycles. The van der Waals surface area contributed by atoms with Crippen molar-refractivity contribution in [2.75, 3.05) is 13.7 Å². The topological polar surface area (TPSA) is 140 Å². The highest BCUT2D eigenvalue weighted by Crippen LogP contribution is 2.12. The molecule has 2 atom stereocenters. The van der Waals surface area contributed by atoms with Crippen LogP contribution >= 0.6 is 0 Å². The number of benzene rings is 2. The number of carbonyl (C=O) groups is 3. The van der Waals surface area contributed by atoms with Gasteiger partial charge in [-0.2, -0.15) is 4.72 Å². The molecule has 0 aliphatic carbocycles. The van der Waals surface area contributed by atoms with Crippen molar-refractivity contribution < 1.29 is 32.3 Å². The minimum Gasteiger partial charge on any atom is -0.467 e. The van der Waals surface area contributed by atoms with Gasteiger partial charge in [-0.05, 0) is 51.3 Å². The Balaban J connectivity index is 2.15. The summed E-state index contributed by atoms with van der Waals surface area (Å²) >= 11 is 0. The average Bonchev–Trinajstić information content (AvgIpc) is 2.85. The summed E-state index contributed by atoms with van der Waals surface area (Å²) in [5.74, 6) is -1.35. The second-order valence-electron chi connectivity index (χ2n) is 9.33. The maximum absolute atomic E-state index is 13.2. The molecular formula is C26H35N3O7S. The summed E-state index contributed by atoms with van der Waals surface area (Å²) in [6, 6.07) is 14.5. The highest BCUT2D eigenvalue weighted by Gasteiger charge is 2.30. The van der Waals surface area contributed by atoms with E-state index in [-0.39, 0.29) is 30.7 Å². The van der Waals surface area contributed by atoms with E-state index in [9.17, 15) is 22.8 Å². The monoisotopic (exact) mass is 533 g/mol. The zero-order valence-electron chi connectivity index (χ0n) is 21.5. The Hall–Kier alpha value is -3.44. The SMILES string of the molecule is COC(=O)C(Cc1ccccc1)NC(=O)C(CCCNC(=O)OC(C)(C)C)NS(=O)(=O)c1ccccc1. The quantitative estimate of drug-likeness (QED) is 0.281. The zero-order valence-corrected chi connectivity index (χ0v) is 22.3. The van der Waals surface area contributed by atoms with Gasteiger partial charge in [0.25, 0.3) is 0 Å². The van der Waals surface area contributed by atoms with Crippen LogP contribution in [0.15, 0.2) is 65.6 Å². The van der Waals surface area contributed by atoms with Gasteiger partial charge in [0.1, 0.15) is 17.7 Å². The third-order valence-corrected chi connectivity index (χ3v) is 6.58. The number of methoxy groups -OCH3 is 1. The van der Waals surface area contributed by atoms with Gasteiger partial charge in [0.05, 0.1) is 12.0 Å². The molecule has 0 aliphatic heterocycles. The van der Waals surface area contributed by atoms with Crippen molar-refractivity contribution in [3.8, 4) is 0 Å². The second-order valence-corrected chi connectivity index (χ2v) is 11.0. The summed E-state index contributed by atoms with van der Waals surface area (Å²) in [7, 11) is -2.83. The number of rotatable bonds is 12. The van der Waals surface area contributed by atoms with Crippen molar-refractivity contribution in [3.05, 3.63) is 66.2 Å². The standard InChI is InChI=1S/C26H35N3O7S/c1-26(2,3)36-25(32)27-17-11-16-21(29-37(33,34)20-14-9-6-10-15-20)23(30)28-22(24(31)35-4)18-19-12-7-5-8-13-19/h5-10,12-15,21-22,29H,11,16-18H2,1-4H3,(H,27,32)(H,28,30). The highest BCUT2D eigenvalue weighted by molar-refractivity contribution is 7.89. The molecule has 0 saturated heterocycles. The molecule has 0 aromatic heterocycles. The fourth-order valence-electron chi connectivity index (χ4n) is 3.37. The minimum absolute atomic E-state index is 0.00603. The predicted molar refractivity (Wildman–Crippen MR) is 138 cm³/mol. The lowest BCUT2D eigenvalue weighted by molar-refractivity contribution is -0.145. The second kappa shape index (κ2) is 13.8. The Bertz CT molecular complexity index is 1130. The van der Waals surface area contributed by atoms with Crippen LogP contribution in [0.5, 0.6) is 0 Å². The molecule has 0 spiro atoms. The van der Waals surface area contributed by atoms with Crippen LogP contribution in [0.25, 0.3) is 0 Å². The van der Waals surface area contributed by atoms with Gasteiger partial charge in [-0.3, -0.25) is 4.79 Å². The van der Waals surface area contributed by atoms with Crippen molar-refractivity contribution >= 4 is 28.0 Å². The number of alkyl carbamates (subject to hydrolysis) is 1. The Kier molecular flexibility index (Phi) is 11.1. The Labute approximate surface area is 218 Å². The van der Waals surface area contributed by atoms with Gasteiger partial charge in [0, 0.05) is 13.0 Å². The number of hydrogen-bond donors (Lipinski definition) is 3. The van der Waals surface area contributed by atoms with E-state index in [0.717, 1.165) is 5.56 Å². The molecule has 0 aliphatic rings. The number of hydrogen-bond acceptors (Lipinski definition) is 7. The summed E-state index contributed by atoms with van der Waals surface area (Å²) in [5, 5.41) is 5.20. The summed E-state index contributed by atoms with van der Waals surface area (Å²) in [4.78, 5) is 37.5. The van der Waals surface area contributed by atoms with Crippen LogP contribution in [-0.2, 0) is 35.5 Å². The lowest BCUT2D eigenvalue weighted by Crippen LogP contribution is -2.52. The average molecular weight is 534 g/mol. The third-order valence-electron chi connectivity index (χ3n) is 5.09. The summed E-state index contributed by atoms with van der Waals surface area (Å²) in [6.45, 7) is 5.35. The normalized spacial score (nSPS) is 13.2. The van der Waals surface area contributed by atoms with Crippen molar-refractivity contribution in [1.82, 2.24) is 15.4 Å². The van der Waals surface area contributed by atoms with Gasteiger partial charge < -0.3 is 20.1 Å². The lowest BCUT2D eigenvalue weighted by atomic mass is 10.0. The van der Waals surface area contributed by atoms with Crippen LogP contribution < -0.4 is 15.4 Å². The molecule has 11 heteroatoms. The van der Waals surface area contributed by atoms with E-state index in [2.05, 4.69) is 15.4 Å². The molecule has 202 valence electrons. The van der Waals surface area contributed by atoms with Gasteiger partial charge in [0.2, 0.25) is 15.9 Å². The van der Waals surface area contributed by atoms with E-state index < -0.39 is 45.7 Å². The minimum atomic E-state index is -4.04. The van der Waals surface area contributed by atoms with Crippen LogP contribution in [-0.4, -0.2) is 57.7 Å². The molecule has 2 rings (SSSR count). The Morgan fingerprint density at radius 2 is 1.51 bits per heavy atom. The number of sulfonamides is 1. The van der Waals surface area contributed by atoms with Crippen molar-refractivity contribution in [1.29, 1.82) is 0 Å². The van der Waals surface area contributed by atoms with Crippen LogP contribution in [0.4, 0.5) is 4.79 Å². The van der Waals surface area contributed by atoms with E-state index >= 15 is 0 Å². The number of carbonyl (C=O) groups excluding carboxylic acids is 3. The molecule has 0 bridgehead atoms. The first-order valence-electron chi connectivity index (χ1n) is 11.9. The van der Waals surface area contributed by atoms with Gasteiger partial charge in [-0.15, -0.1) is 0 Å². The van der Waals surface area contributed by atoms with E-state index in [1.165, 1.54) is 19.2 Å². The van der Waals surface area contributed by atoms with Gasteiger partial charge in [-0.1, -0.05) is 48.5 Å². The molecule has 2 aromatic carbocycles. The largest absolute Gasteiger partial charge is 0.467 e. The molecule has 0 fully saturated rings. The zero-order chi connectivity index (χ0) is 27.5. The molecule has 0 heterocycles. The summed E-state index contributed by atoms with van der Waals surface area (Å²) in [6.07, 6.45) is -0.146. The fraction of sp³-hybridized carbons (Fsp3) is 0.423. The first-order chi connectivity index (χ1) is 17.4. The highest BCUT2D eigenvalue weighted by atomic mass is 32.2. The van der Waals surface area contributed by atoms with E-state index in [1.54, 1.807) is 63.2 Å². The Morgan fingerprint density at radius 3 is 2.08 bits per heavy atom. The maximum atomic E-state index is 13.2. The summed E-state index contributed by atoms with van der Waals surface area (Å²) in [5.41, 5.74) is 0.126. The van der Waals surface area contributed by atoms with Crippen LogP contribution in [0, 0.1) is 0 Å². The van der Waals surface area contributed by atoms with Gasteiger partial charge in [-0.25, -0.2) is 18.0 Å². The third kappa shape index (κ3) is 10.6. The molecule has 0 radical (unpaired) electrons. The van der Waals surface area contributed by atoms with Crippen LogP contribution in [0.2, 0.25) is 0 Å². The number of nitrogens with one attached hydrogen (secondary N) is 3. The van der Waals surface area contributed by atoms with Gasteiger partial charge in [0.15, 0.2) is 0 Å². The lowest BCUT2D eigenvalue weighted by Gasteiger charge is -2.23. The molecular weight excluding hydrogens is 498 g/mol. The predicted octanol–water partition coefficient (Wildman–Crippen LogP) is 2.54. The molecule has 2 aromatic rings. The van der Waals surface area contributed by atoms with E-state index in [0.29, 0.717) is 0 Å². The maximum Gasteiger partial charge on any atom is 0.407 e. The number of ether oxygens (including phenoxy) is 2. The number of amides is 2. The Morgan fingerprint density at radius 1 is 0.919 bits per heavy atom. The molecule has 10 nitrogen and oxygen atoms in total. The van der Waals surface area contributed by atoms with E-state index in [1.807, 2.05) is 6.07 Å². The van der Waals surface area contributed by atoms with Gasteiger partial charge >= 0.3 is 12.1 Å². The van der Waals surface area contributed by atoms with Crippen LogP contribution in [0.1, 0.15) is 39.2 Å². The van der Waals surface area contributed by atoms with Crippen molar-refractivity contribution in [3.63, 3.8) is 0 Å². The molecule has 2 unspecified atom stereocenters. The number of esters is 1. The molecule has 3 N–H and O–H groups in total. The van der Waals surface area contributed by atoms with Crippen LogP contribution in [0.3, 0.4) is 0 Å².